The smallest absolute Gasteiger partial charge is 0.203 e. The molecule has 1 aliphatic rings. The van der Waals surface area contributed by atoms with E-state index in [2.05, 4.69) is 38.9 Å². The minimum absolute atomic E-state index is 0.988. The number of aromatic amines is 1. The Balaban J connectivity index is 1.78. The van der Waals surface area contributed by atoms with E-state index in [0.29, 0.717) is 0 Å². The second-order valence-electron chi connectivity index (χ2n) is 4.78. The number of H-pyrrole nitrogens is 1. The van der Waals surface area contributed by atoms with Gasteiger partial charge in [-0.1, -0.05) is 30.3 Å². The first-order valence-electron chi connectivity index (χ1n) is 6.37. The minimum atomic E-state index is 0.988. The zero-order valence-electron chi connectivity index (χ0n) is 10.6. The fourth-order valence-electron chi connectivity index (χ4n) is 2.25. The first-order valence-corrected chi connectivity index (χ1v) is 6.37. The normalized spacial score (nSPS) is 17.1. The van der Waals surface area contributed by atoms with Crippen molar-refractivity contribution in [3.05, 3.63) is 36.5 Å². The molecule has 0 bridgehead atoms. The van der Waals surface area contributed by atoms with Crippen LogP contribution in [0.1, 0.15) is 0 Å². The maximum absolute atomic E-state index is 4.49. The predicted molar refractivity (Wildman–Crippen MR) is 73.7 cm³/mol. The second kappa shape index (κ2) is 4.82. The van der Waals surface area contributed by atoms with Gasteiger partial charge in [0.1, 0.15) is 0 Å². The summed E-state index contributed by atoms with van der Waals surface area (Å²) in [5.74, 6) is 0.988. The Labute approximate surface area is 107 Å². The van der Waals surface area contributed by atoms with Gasteiger partial charge >= 0.3 is 0 Å². The third-order valence-corrected chi connectivity index (χ3v) is 3.45. The zero-order valence-corrected chi connectivity index (χ0v) is 10.6. The molecule has 4 nitrogen and oxygen atoms in total. The minimum Gasteiger partial charge on any atom is -0.340 e. The molecule has 0 atom stereocenters. The molecule has 0 saturated carbocycles. The third kappa shape index (κ3) is 2.24. The lowest BCUT2D eigenvalue weighted by atomic mass is 10.2. The van der Waals surface area contributed by atoms with Crippen molar-refractivity contribution < 1.29 is 0 Å². The van der Waals surface area contributed by atoms with E-state index in [1.807, 2.05) is 24.4 Å². The van der Waals surface area contributed by atoms with Gasteiger partial charge in [0, 0.05) is 26.2 Å². The van der Waals surface area contributed by atoms with Gasteiger partial charge in [0.05, 0.1) is 11.9 Å². The summed E-state index contributed by atoms with van der Waals surface area (Å²) in [6.45, 7) is 4.28. The van der Waals surface area contributed by atoms with Crippen LogP contribution in [0.3, 0.4) is 0 Å². The molecule has 0 radical (unpaired) electrons. The fourth-order valence-corrected chi connectivity index (χ4v) is 2.25. The van der Waals surface area contributed by atoms with Gasteiger partial charge in [-0.15, -0.1) is 0 Å². The molecule has 1 saturated heterocycles. The van der Waals surface area contributed by atoms with Crippen molar-refractivity contribution in [2.24, 2.45) is 0 Å². The van der Waals surface area contributed by atoms with Crippen LogP contribution in [0, 0.1) is 0 Å². The molecule has 0 spiro atoms. The van der Waals surface area contributed by atoms with Crippen LogP contribution >= 0.6 is 0 Å². The van der Waals surface area contributed by atoms with E-state index in [0.717, 1.165) is 37.8 Å². The van der Waals surface area contributed by atoms with Crippen molar-refractivity contribution in [2.45, 2.75) is 0 Å². The second-order valence-corrected chi connectivity index (χ2v) is 4.78. The van der Waals surface area contributed by atoms with Crippen LogP contribution in [-0.4, -0.2) is 48.1 Å². The predicted octanol–water partition coefficient (Wildman–Crippen LogP) is 1.83. The Morgan fingerprint density at radius 3 is 2.50 bits per heavy atom. The summed E-state index contributed by atoms with van der Waals surface area (Å²) < 4.78 is 0. The Hall–Kier alpha value is -1.81. The van der Waals surface area contributed by atoms with Crippen LogP contribution in [0.25, 0.3) is 11.3 Å². The number of anilines is 1. The van der Waals surface area contributed by atoms with Gasteiger partial charge in [0.2, 0.25) is 5.95 Å². The van der Waals surface area contributed by atoms with Gasteiger partial charge in [-0.05, 0) is 12.6 Å². The van der Waals surface area contributed by atoms with E-state index in [-0.39, 0.29) is 0 Å². The Morgan fingerprint density at radius 1 is 1.06 bits per heavy atom. The van der Waals surface area contributed by atoms with Gasteiger partial charge in [0.15, 0.2) is 0 Å². The van der Waals surface area contributed by atoms with E-state index in [1.54, 1.807) is 0 Å². The molecule has 3 rings (SSSR count). The Bertz CT molecular complexity index is 498. The molecule has 0 unspecified atom stereocenters. The highest BCUT2D eigenvalue weighted by Gasteiger charge is 2.16. The maximum atomic E-state index is 4.49. The zero-order chi connectivity index (χ0) is 12.4. The number of hydrogen-bond donors (Lipinski definition) is 1. The van der Waals surface area contributed by atoms with Crippen LogP contribution in [0.2, 0.25) is 0 Å². The number of aromatic nitrogens is 2. The molecule has 1 aliphatic heterocycles. The summed E-state index contributed by atoms with van der Waals surface area (Å²) in [5, 5.41) is 0. The van der Waals surface area contributed by atoms with E-state index in [1.165, 1.54) is 5.56 Å². The molecule has 1 aromatic carbocycles. The summed E-state index contributed by atoms with van der Waals surface area (Å²) >= 11 is 0. The molecular formula is C14H18N4. The molecule has 2 aromatic rings. The number of imidazole rings is 1. The summed E-state index contributed by atoms with van der Waals surface area (Å²) in [6, 6.07) is 10.3. The van der Waals surface area contributed by atoms with E-state index >= 15 is 0 Å². The van der Waals surface area contributed by atoms with Gasteiger partial charge in [0.25, 0.3) is 0 Å². The van der Waals surface area contributed by atoms with Crippen molar-refractivity contribution in [1.29, 1.82) is 0 Å². The van der Waals surface area contributed by atoms with E-state index in [9.17, 15) is 0 Å². The van der Waals surface area contributed by atoms with Crippen LogP contribution in [0.5, 0.6) is 0 Å². The number of hydrogen-bond acceptors (Lipinski definition) is 3. The molecule has 1 aromatic heterocycles. The van der Waals surface area contributed by atoms with Crippen molar-refractivity contribution in [2.75, 3.05) is 38.1 Å². The number of nitrogens with one attached hydrogen (secondary N) is 1. The first-order chi connectivity index (χ1) is 8.83. The molecule has 1 N–H and O–H groups in total. The first kappa shape index (κ1) is 11.3. The number of nitrogens with zero attached hydrogens (tertiary/aromatic N) is 3. The maximum Gasteiger partial charge on any atom is 0.203 e. The lowest BCUT2D eigenvalue weighted by molar-refractivity contribution is 0.311. The highest BCUT2D eigenvalue weighted by molar-refractivity contribution is 5.60. The van der Waals surface area contributed by atoms with E-state index in [4.69, 9.17) is 0 Å². The standard InChI is InChI=1S/C14H18N4/c1-17-7-9-18(10-8-17)14-15-11-13(16-14)12-5-3-2-4-6-12/h2-6,11H,7-10H2,1H3,(H,15,16). The van der Waals surface area contributed by atoms with Gasteiger partial charge in [-0.2, -0.15) is 0 Å². The average molecular weight is 242 g/mol. The topological polar surface area (TPSA) is 35.2 Å². The third-order valence-electron chi connectivity index (χ3n) is 3.45. The molecule has 4 heteroatoms. The summed E-state index contributed by atoms with van der Waals surface area (Å²) in [6.07, 6.45) is 1.92. The number of rotatable bonds is 2. The SMILES string of the molecule is CN1CCN(c2ncc(-c3ccccc3)[nH]2)CC1. The van der Waals surface area contributed by atoms with Crippen molar-refractivity contribution >= 4 is 5.95 Å². The lowest BCUT2D eigenvalue weighted by Crippen LogP contribution is -2.44. The van der Waals surface area contributed by atoms with Gasteiger partial charge in [-0.3, -0.25) is 0 Å². The highest BCUT2D eigenvalue weighted by atomic mass is 15.3. The number of piperazine rings is 1. The summed E-state index contributed by atoms with van der Waals surface area (Å²) in [7, 11) is 2.16. The fraction of sp³-hybridized carbons (Fsp3) is 0.357. The van der Waals surface area contributed by atoms with Gasteiger partial charge in [-0.25, -0.2) is 4.98 Å². The van der Waals surface area contributed by atoms with Crippen molar-refractivity contribution in [3.8, 4) is 11.3 Å². The van der Waals surface area contributed by atoms with Gasteiger partial charge < -0.3 is 14.8 Å². The van der Waals surface area contributed by atoms with Crippen molar-refractivity contribution in [1.82, 2.24) is 14.9 Å². The number of benzene rings is 1. The molecule has 2 heterocycles. The van der Waals surface area contributed by atoms with Crippen LogP contribution < -0.4 is 4.90 Å². The quantitative estimate of drug-likeness (QED) is 0.872. The largest absolute Gasteiger partial charge is 0.340 e. The Kier molecular flexibility index (Phi) is 3.02. The van der Waals surface area contributed by atoms with Crippen LogP contribution in [-0.2, 0) is 0 Å². The van der Waals surface area contributed by atoms with Crippen molar-refractivity contribution in [3.63, 3.8) is 0 Å². The van der Waals surface area contributed by atoms with Crippen LogP contribution in [0.4, 0.5) is 5.95 Å². The molecule has 0 amide bonds. The van der Waals surface area contributed by atoms with Crippen LogP contribution in [0.15, 0.2) is 36.5 Å². The molecule has 94 valence electrons. The molecule has 1 fully saturated rings. The van der Waals surface area contributed by atoms with E-state index < -0.39 is 0 Å². The summed E-state index contributed by atoms with van der Waals surface area (Å²) in [4.78, 5) is 12.6. The molecule has 0 aliphatic carbocycles. The lowest BCUT2D eigenvalue weighted by Gasteiger charge is -2.32. The number of likely N-dealkylation sites (N-methyl/N-ethyl adjacent to an activating group) is 1. The Morgan fingerprint density at radius 2 is 1.78 bits per heavy atom. The monoisotopic (exact) mass is 242 g/mol. The summed E-state index contributed by atoms with van der Waals surface area (Å²) in [5.41, 5.74) is 2.27. The highest BCUT2D eigenvalue weighted by Crippen LogP contribution is 2.20. The molecule has 18 heavy (non-hydrogen) atoms. The molecular weight excluding hydrogens is 224 g/mol. The average Bonchev–Trinajstić information content (AvgIpc) is 2.90.